The average molecular weight is 442 g/mol. The summed E-state index contributed by atoms with van der Waals surface area (Å²) in [7, 11) is 1.89. The van der Waals surface area contributed by atoms with Crippen molar-refractivity contribution in [3.8, 4) is 17.4 Å². The molecular formula is C24H25F3N4O. The summed E-state index contributed by atoms with van der Waals surface area (Å²) in [6, 6.07) is 16.1. The highest BCUT2D eigenvalue weighted by atomic mass is 19.4. The zero-order valence-corrected chi connectivity index (χ0v) is 17.8. The molecule has 5 rings (SSSR count). The molecule has 1 aliphatic carbocycles. The summed E-state index contributed by atoms with van der Waals surface area (Å²) in [6.07, 6.45) is -2.37. The largest absolute Gasteiger partial charge is 0.464 e. The lowest BCUT2D eigenvalue weighted by Gasteiger charge is -2.21. The van der Waals surface area contributed by atoms with Crippen LogP contribution in [0.5, 0.6) is 6.01 Å². The fraction of sp³-hybridized carbons (Fsp3) is 0.417. The minimum absolute atomic E-state index is 0.0269. The van der Waals surface area contributed by atoms with Crippen LogP contribution in [0.3, 0.4) is 0 Å². The minimum Gasteiger partial charge on any atom is -0.464 e. The van der Waals surface area contributed by atoms with Gasteiger partial charge in [-0.2, -0.15) is 13.2 Å². The Bertz CT molecular complexity index is 1080. The van der Waals surface area contributed by atoms with Crippen LogP contribution in [0.25, 0.3) is 11.4 Å². The van der Waals surface area contributed by atoms with Gasteiger partial charge in [-0.3, -0.25) is 4.57 Å². The number of aromatic nitrogens is 3. The molecule has 0 N–H and O–H groups in total. The third-order valence-corrected chi connectivity index (χ3v) is 6.72. The van der Waals surface area contributed by atoms with E-state index in [2.05, 4.69) is 15.1 Å². The first kappa shape index (κ1) is 21.0. The maximum absolute atomic E-state index is 12.8. The fourth-order valence-corrected chi connectivity index (χ4v) is 4.93. The monoisotopic (exact) mass is 442 g/mol. The Balaban J connectivity index is 1.12. The molecule has 168 valence electrons. The normalized spacial score (nSPS) is 22.7. The van der Waals surface area contributed by atoms with Gasteiger partial charge in [-0.1, -0.05) is 47.6 Å². The van der Waals surface area contributed by atoms with Gasteiger partial charge in [0, 0.05) is 37.7 Å². The van der Waals surface area contributed by atoms with Crippen molar-refractivity contribution in [3.63, 3.8) is 0 Å². The lowest BCUT2D eigenvalue weighted by Crippen LogP contribution is -2.28. The standard InChI is InChI=1S/C24H25F3N4O/c1-30-21(17-6-3-2-4-7-17)28-29-22(30)32-13-5-12-31-15-20-14-23(20,16-31)18-8-10-19(11-9-18)24(25,26)27/h2-4,6-11,20H,5,12-16H2,1H3/t20-,23+/m0/s1. The predicted octanol–water partition coefficient (Wildman–Crippen LogP) is 4.54. The average Bonchev–Trinajstić information content (AvgIpc) is 3.16. The molecule has 2 fully saturated rings. The number of piperidine rings is 1. The molecular weight excluding hydrogens is 417 g/mol. The topological polar surface area (TPSA) is 43.2 Å². The Hall–Kier alpha value is -2.87. The van der Waals surface area contributed by atoms with Gasteiger partial charge in [0.15, 0.2) is 5.82 Å². The first-order valence-electron chi connectivity index (χ1n) is 10.8. The van der Waals surface area contributed by atoms with Crippen LogP contribution in [-0.4, -0.2) is 45.9 Å². The van der Waals surface area contributed by atoms with Crippen LogP contribution in [-0.2, 0) is 18.6 Å². The van der Waals surface area contributed by atoms with Crippen molar-refractivity contribution in [2.45, 2.75) is 24.4 Å². The molecule has 1 saturated carbocycles. The van der Waals surface area contributed by atoms with E-state index >= 15 is 0 Å². The molecule has 0 bridgehead atoms. The van der Waals surface area contributed by atoms with E-state index in [9.17, 15) is 13.2 Å². The zero-order chi connectivity index (χ0) is 22.3. The smallest absolute Gasteiger partial charge is 0.416 e. The van der Waals surface area contributed by atoms with Gasteiger partial charge in [-0.05, 0) is 36.5 Å². The second-order valence-electron chi connectivity index (χ2n) is 8.80. The summed E-state index contributed by atoms with van der Waals surface area (Å²) in [4.78, 5) is 2.39. The van der Waals surface area contributed by atoms with Crippen molar-refractivity contribution >= 4 is 0 Å². The summed E-state index contributed by atoms with van der Waals surface area (Å²) in [5, 5.41) is 8.38. The van der Waals surface area contributed by atoms with E-state index in [-0.39, 0.29) is 5.41 Å². The summed E-state index contributed by atoms with van der Waals surface area (Å²) in [5.74, 6) is 1.30. The molecule has 1 aliphatic heterocycles. The van der Waals surface area contributed by atoms with E-state index in [1.165, 1.54) is 12.1 Å². The lowest BCUT2D eigenvalue weighted by molar-refractivity contribution is -0.137. The van der Waals surface area contributed by atoms with E-state index in [0.29, 0.717) is 18.5 Å². The number of halogens is 3. The van der Waals surface area contributed by atoms with Crippen LogP contribution < -0.4 is 4.74 Å². The molecule has 2 aromatic carbocycles. The van der Waals surface area contributed by atoms with Crippen LogP contribution in [0.4, 0.5) is 13.2 Å². The third-order valence-electron chi connectivity index (χ3n) is 6.72. The number of alkyl halides is 3. The predicted molar refractivity (Wildman–Crippen MR) is 114 cm³/mol. The van der Waals surface area contributed by atoms with Gasteiger partial charge < -0.3 is 9.64 Å². The number of ether oxygens (including phenoxy) is 1. The van der Waals surface area contributed by atoms with Crippen molar-refractivity contribution in [1.29, 1.82) is 0 Å². The number of hydrogen-bond acceptors (Lipinski definition) is 4. The zero-order valence-electron chi connectivity index (χ0n) is 17.8. The molecule has 1 saturated heterocycles. The highest BCUT2D eigenvalue weighted by molar-refractivity contribution is 5.55. The van der Waals surface area contributed by atoms with Crippen LogP contribution in [0, 0.1) is 5.92 Å². The van der Waals surface area contributed by atoms with Gasteiger partial charge in [-0.15, -0.1) is 5.10 Å². The summed E-state index contributed by atoms with van der Waals surface area (Å²) in [5.41, 5.74) is 1.46. The van der Waals surface area contributed by atoms with Gasteiger partial charge in [0.05, 0.1) is 12.2 Å². The van der Waals surface area contributed by atoms with Crippen LogP contribution in [0.2, 0.25) is 0 Å². The van der Waals surface area contributed by atoms with Crippen molar-refractivity contribution in [2.24, 2.45) is 13.0 Å². The first-order valence-corrected chi connectivity index (χ1v) is 10.8. The molecule has 2 aliphatic rings. The molecule has 1 aromatic heterocycles. The molecule has 3 aromatic rings. The number of benzene rings is 2. The van der Waals surface area contributed by atoms with Crippen molar-refractivity contribution < 1.29 is 17.9 Å². The molecule has 32 heavy (non-hydrogen) atoms. The molecule has 0 spiro atoms. The van der Waals surface area contributed by atoms with Crippen LogP contribution in [0.1, 0.15) is 24.0 Å². The van der Waals surface area contributed by atoms with E-state index < -0.39 is 11.7 Å². The fourth-order valence-electron chi connectivity index (χ4n) is 4.93. The number of hydrogen-bond donors (Lipinski definition) is 0. The van der Waals surface area contributed by atoms with Crippen molar-refractivity contribution in [2.75, 3.05) is 26.2 Å². The Labute approximate surface area is 184 Å². The maximum Gasteiger partial charge on any atom is 0.416 e. The molecule has 5 nitrogen and oxygen atoms in total. The van der Waals surface area contributed by atoms with Crippen LogP contribution in [0.15, 0.2) is 54.6 Å². The van der Waals surface area contributed by atoms with E-state index in [0.717, 1.165) is 49.4 Å². The second kappa shape index (κ2) is 7.92. The van der Waals surface area contributed by atoms with Crippen LogP contribution >= 0.6 is 0 Å². The third kappa shape index (κ3) is 3.88. The van der Waals surface area contributed by atoms with Gasteiger partial charge in [0.1, 0.15) is 0 Å². The number of likely N-dealkylation sites (tertiary alicyclic amines) is 1. The van der Waals surface area contributed by atoms with Gasteiger partial charge >= 0.3 is 12.2 Å². The Morgan fingerprint density at radius 3 is 2.53 bits per heavy atom. The molecule has 0 amide bonds. The molecule has 0 radical (unpaired) electrons. The molecule has 0 unspecified atom stereocenters. The SMILES string of the molecule is Cn1c(OCCCN2C[C@@H]3C[C@]3(c3ccc(C(F)(F)F)cc3)C2)nnc1-c1ccccc1. The van der Waals surface area contributed by atoms with E-state index in [1.807, 2.05) is 41.9 Å². The number of fused-ring (bicyclic) bond motifs is 1. The Morgan fingerprint density at radius 1 is 1.06 bits per heavy atom. The Kier molecular flexibility index (Phi) is 5.20. The summed E-state index contributed by atoms with van der Waals surface area (Å²) >= 11 is 0. The number of nitrogens with zero attached hydrogens (tertiary/aromatic N) is 4. The highest BCUT2D eigenvalue weighted by Crippen LogP contribution is 2.59. The second-order valence-corrected chi connectivity index (χ2v) is 8.80. The molecule has 2 atom stereocenters. The maximum atomic E-state index is 12.8. The van der Waals surface area contributed by atoms with Gasteiger partial charge in [0.25, 0.3) is 0 Å². The number of rotatable bonds is 7. The first-order chi connectivity index (χ1) is 15.4. The highest BCUT2D eigenvalue weighted by Gasteiger charge is 2.60. The van der Waals surface area contributed by atoms with E-state index in [4.69, 9.17) is 4.74 Å². The van der Waals surface area contributed by atoms with E-state index in [1.54, 1.807) is 12.1 Å². The van der Waals surface area contributed by atoms with Gasteiger partial charge in [-0.25, -0.2) is 0 Å². The lowest BCUT2D eigenvalue weighted by atomic mass is 9.94. The minimum atomic E-state index is -4.29. The summed E-state index contributed by atoms with van der Waals surface area (Å²) in [6.45, 7) is 3.31. The molecule has 2 heterocycles. The van der Waals surface area contributed by atoms with Gasteiger partial charge in [0.2, 0.25) is 0 Å². The summed E-state index contributed by atoms with van der Waals surface area (Å²) < 4.78 is 46.2. The van der Waals surface area contributed by atoms with Crippen molar-refractivity contribution in [3.05, 3.63) is 65.7 Å². The Morgan fingerprint density at radius 2 is 1.81 bits per heavy atom. The molecule has 8 heteroatoms. The van der Waals surface area contributed by atoms with Crippen molar-refractivity contribution in [1.82, 2.24) is 19.7 Å². The quantitative estimate of drug-likeness (QED) is 0.504.